The maximum atomic E-state index is 3.46. The van der Waals surface area contributed by atoms with Crippen LogP contribution >= 0.6 is 0 Å². The molecule has 2 heterocycles. The number of nitrogens with zero attached hydrogens (tertiary/aromatic N) is 2. The van der Waals surface area contributed by atoms with Gasteiger partial charge in [-0.2, -0.15) is 0 Å². The maximum absolute atomic E-state index is 3.46. The van der Waals surface area contributed by atoms with Crippen molar-refractivity contribution in [3.05, 3.63) is 0 Å². The Morgan fingerprint density at radius 3 is 2.50 bits per heavy atom. The molecular formula is C11H23N3. The van der Waals surface area contributed by atoms with Crippen molar-refractivity contribution in [1.29, 1.82) is 0 Å². The Morgan fingerprint density at radius 1 is 1.14 bits per heavy atom. The first kappa shape index (κ1) is 10.4. The van der Waals surface area contributed by atoms with Gasteiger partial charge < -0.3 is 10.2 Å². The van der Waals surface area contributed by atoms with Crippen LogP contribution in [0.4, 0.5) is 0 Å². The predicted octanol–water partition coefficient (Wildman–Crippen LogP) is 0.374. The van der Waals surface area contributed by atoms with Gasteiger partial charge in [-0.1, -0.05) is 0 Å². The molecule has 0 aromatic rings. The van der Waals surface area contributed by atoms with Gasteiger partial charge in [0, 0.05) is 31.7 Å². The number of likely N-dealkylation sites (tertiary alicyclic amines) is 1. The first-order chi connectivity index (χ1) is 6.77. The summed E-state index contributed by atoms with van der Waals surface area (Å²) in [6.45, 7) is 8.51. The Hall–Kier alpha value is -0.120. The first-order valence-corrected chi connectivity index (χ1v) is 5.92. The molecule has 0 saturated carbocycles. The predicted molar refractivity (Wildman–Crippen MR) is 59.6 cm³/mol. The van der Waals surface area contributed by atoms with E-state index in [1.54, 1.807) is 0 Å². The highest BCUT2D eigenvalue weighted by atomic mass is 15.3. The highest BCUT2D eigenvalue weighted by molar-refractivity contribution is 4.85. The average molecular weight is 197 g/mol. The fourth-order valence-electron chi connectivity index (χ4n) is 2.73. The Bertz CT molecular complexity index is 175. The summed E-state index contributed by atoms with van der Waals surface area (Å²) in [4.78, 5) is 5.16. The average Bonchev–Trinajstić information content (AvgIpc) is 2.20. The van der Waals surface area contributed by atoms with E-state index in [1.165, 1.54) is 45.6 Å². The first-order valence-electron chi connectivity index (χ1n) is 5.92. The Balaban J connectivity index is 1.87. The van der Waals surface area contributed by atoms with Gasteiger partial charge in [-0.25, -0.2) is 0 Å². The van der Waals surface area contributed by atoms with Gasteiger partial charge >= 0.3 is 0 Å². The molecule has 0 aromatic heterocycles. The molecule has 2 saturated heterocycles. The van der Waals surface area contributed by atoms with E-state index in [2.05, 4.69) is 29.1 Å². The van der Waals surface area contributed by atoms with Gasteiger partial charge in [0.1, 0.15) is 0 Å². The minimum Gasteiger partial charge on any atom is -0.314 e. The zero-order valence-electron chi connectivity index (χ0n) is 9.50. The van der Waals surface area contributed by atoms with Crippen LogP contribution in [0.1, 0.15) is 19.8 Å². The number of piperazine rings is 1. The summed E-state index contributed by atoms with van der Waals surface area (Å²) in [5.41, 5.74) is 0. The Morgan fingerprint density at radius 2 is 1.86 bits per heavy atom. The molecule has 0 radical (unpaired) electrons. The van der Waals surface area contributed by atoms with Gasteiger partial charge in [-0.15, -0.1) is 0 Å². The van der Waals surface area contributed by atoms with E-state index in [9.17, 15) is 0 Å². The Kier molecular flexibility index (Phi) is 3.42. The molecule has 0 spiro atoms. The molecule has 3 nitrogen and oxygen atoms in total. The van der Waals surface area contributed by atoms with Gasteiger partial charge in [-0.05, 0) is 39.9 Å². The molecule has 2 aliphatic heterocycles. The topological polar surface area (TPSA) is 18.5 Å². The monoisotopic (exact) mass is 197 g/mol. The largest absolute Gasteiger partial charge is 0.314 e. The zero-order chi connectivity index (χ0) is 9.97. The summed E-state index contributed by atoms with van der Waals surface area (Å²) in [6, 6.07) is 1.58. The molecule has 1 N–H and O–H groups in total. The van der Waals surface area contributed by atoms with Crippen molar-refractivity contribution >= 4 is 0 Å². The summed E-state index contributed by atoms with van der Waals surface area (Å²) in [7, 11) is 2.23. The summed E-state index contributed by atoms with van der Waals surface area (Å²) in [5.74, 6) is 0. The van der Waals surface area contributed by atoms with Gasteiger partial charge in [0.25, 0.3) is 0 Å². The van der Waals surface area contributed by atoms with Crippen molar-refractivity contribution in [2.24, 2.45) is 0 Å². The van der Waals surface area contributed by atoms with E-state index in [0.29, 0.717) is 0 Å². The van der Waals surface area contributed by atoms with Crippen LogP contribution < -0.4 is 5.32 Å². The van der Waals surface area contributed by atoms with Gasteiger partial charge in [0.2, 0.25) is 0 Å². The SMILES string of the molecule is CC1CNCCN1C1CCN(C)CC1. The number of hydrogen-bond donors (Lipinski definition) is 1. The van der Waals surface area contributed by atoms with Crippen LogP contribution in [0.25, 0.3) is 0 Å². The third-order valence-electron chi connectivity index (χ3n) is 3.71. The Labute approximate surface area is 87.4 Å². The number of hydrogen-bond acceptors (Lipinski definition) is 3. The maximum Gasteiger partial charge on any atom is 0.0195 e. The quantitative estimate of drug-likeness (QED) is 0.655. The summed E-state index contributed by atoms with van der Waals surface area (Å²) in [6.07, 6.45) is 2.72. The van der Waals surface area contributed by atoms with Crippen LogP contribution in [0.2, 0.25) is 0 Å². The van der Waals surface area contributed by atoms with E-state index in [0.717, 1.165) is 12.1 Å². The lowest BCUT2D eigenvalue weighted by molar-refractivity contribution is 0.0718. The number of piperidine rings is 1. The third kappa shape index (κ3) is 2.27. The zero-order valence-corrected chi connectivity index (χ0v) is 9.50. The second-order valence-corrected chi connectivity index (χ2v) is 4.83. The van der Waals surface area contributed by atoms with Crippen molar-refractivity contribution in [2.75, 3.05) is 39.8 Å². The molecule has 1 unspecified atom stereocenters. The highest BCUT2D eigenvalue weighted by Crippen LogP contribution is 2.18. The van der Waals surface area contributed by atoms with Crippen molar-refractivity contribution in [2.45, 2.75) is 31.8 Å². The second kappa shape index (κ2) is 4.60. The molecule has 3 heteroatoms. The van der Waals surface area contributed by atoms with Gasteiger partial charge in [0.15, 0.2) is 0 Å². The normalized spacial score (nSPS) is 33.4. The lowest BCUT2D eigenvalue weighted by atomic mass is 10.0. The minimum atomic E-state index is 0.733. The third-order valence-corrected chi connectivity index (χ3v) is 3.71. The fraction of sp³-hybridized carbons (Fsp3) is 1.00. The molecule has 14 heavy (non-hydrogen) atoms. The van der Waals surface area contributed by atoms with Crippen molar-refractivity contribution < 1.29 is 0 Å². The van der Waals surface area contributed by atoms with Crippen LogP contribution in [0, 0.1) is 0 Å². The number of nitrogens with one attached hydrogen (secondary N) is 1. The molecule has 0 aliphatic carbocycles. The van der Waals surface area contributed by atoms with Crippen LogP contribution in [0.5, 0.6) is 0 Å². The summed E-state index contributed by atoms with van der Waals surface area (Å²) < 4.78 is 0. The van der Waals surface area contributed by atoms with E-state index in [-0.39, 0.29) is 0 Å². The molecule has 2 rings (SSSR count). The van der Waals surface area contributed by atoms with E-state index < -0.39 is 0 Å². The van der Waals surface area contributed by atoms with E-state index in [1.807, 2.05) is 0 Å². The lowest BCUT2D eigenvalue weighted by Crippen LogP contribution is -2.56. The van der Waals surface area contributed by atoms with Crippen molar-refractivity contribution in [3.63, 3.8) is 0 Å². The summed E-state index contributed by atoms with van der Waals surface area (Å²) in [5, 5.41) is 3.46. The van der Waals surface area contributed by atoms with Crippen LogP contribution in [0.3, 0.4) is 0 Å². The molecule has 2 aliphatic rings. The molecule has 0 aromatic carbocycles. The number of rotatable bonds is 1. The molecule has 2 fully saturated rings. The summed E-state index contributed by atoms with van der Waals surface area (Å²) >= 11 is 0. The molecular weight excluding hydrogens is 174 g/mol. The minimum absolute atomic E-state index is 0.733. The lowest BCUT2D eigenvalue weighted by Gasteiger charge is -2.43. The van der Waals surface area contributed by atoms with Gasteiger partial charge in [-0.3, -0.25) is 4.90 Å². The smallest absolute Gasteiger partial charge is 0.0195 e. The molecule has 0 bridgehead atoms. The second-order valence-electron chi connectivity index (χ2n) is 4.83. The van der Waals surface area contributed by atoms with Crippen LogP contribution in [-0.4, -0.2) is 61.7 Å². The van der Waals surface area contributed by atoms with Crippen LogP contribution in [-0.2, 0) is 0 Å². The van der Waals surface area contributed by atoms with Crippen molar-refractivity contribution in [1.82, 2.24) is 15.1 Å². The van der Waals surface area contributed by atoms with E-state index >= 15 is 0 Å². The molecule has 82 valence electrons. The highest BCUT2D eigenvalue weighted by Gasteiger charge is 2.27. The standard InChI is InChI=1S/C11H23N3/c1-10-9-12-5-8-14(10)11-3-6-13(2)7-4-11/h10-12H,3-9H2,1-2H3. The van der Waals surface area contributed by atoms with E-state index in [4.69, 9.17) is 0 Å². The van der Waals surface area contributed by atoms with Crippen molar-refractivity contribution in [3.8, 4) is 0 Å². The molecule has 0 amide bonds. The van der Waals surface area contributed by atoms with Gasteiger partial charge in [0.05, 0.1) is 0 Å². The fourth-order valence-corrected chi connectivity index (χ4v) is 2.73. The van der Waals surface area contributed by atoms with Crippen LogP contribution in [0.15, 0.2) is 0 Å². The molecule has 1 atom stereocenters.